The van der Waals surface area contributed by atoms with Gasteiger partial charge in [0.15, 0.2) is 0 Å². The summed E-state index contributed by atoms with van der Waals surface area (Å²) in [4.78, 5) is 11.4. The van der Waals surface area contributed by atoms with E-state index in [1.54, 1.807) is 19.2 Å². The molecule has 1 aromatic carbocycles. The van der Waals surface area contributed by atoms with E-state index in [2.05, 4.69) is 24.9 Å². The second-order valence-corrected chi connectivity index (χ2v) is 8.58. The molecule has 0 spiro atoms. The lowest BCUT2D eigenvalue weighted by molar-refractivity contribution is 0.411. The molecule has 0 radical (unpaired) electrons. The van der Waals surface area contributed by atoms with Crippen molar-refractivity contribution >= 4 is 21.7 Å². The first kappa shape index (κ1) is 20.3. The van der Waals surface area contributed by atoms with Crippen molar-refractivity contribution in [1.29, 1.82) is 0 Å². The summed E-state index contributed by atoms with van der Waals surface area (Å²) in [5, 5.41) is 3.18. The molecule has 0 saturated carbocycles. The van der Waals surface area contributed by atoms with Gasteiger partial charge < -0.3 is 15.0 Å². The molecule has 9 heteroatoms. The molecule has 28 heavy (non-hydrogen) atoms. The van der Waals surface area contributed by atoms with Crippen LogP contribution >= 0.6 is 0 Å². The Morgan fingerprint density at radius 1 is 1.11 bits per heavy atom. The van der Waals surface area contributed by atoms with Gasteiger partial charge in [0, 0.05) is 32.2 Å². The third-order valence-electron chi connectivity index (χ3n) is 4.65. The Morgan fingerprint density at radius 3 is 2.54 bits per heavy atom. The number of hydrogen-bond donors (Lipinski definition) is 2. The van der Waals surface area contributed by atoms with Crippen molar-refractivity contribution < 1.29 is 13.2 Å². The molecule has 1 saturated heterocycles. The van der Waals surface area contributed by atoms with Crippen LogP contribution in [0.15, 0.2) is 29.2 Å². The van der Waals surface area contributed by atoms with Gasteiger partial charge in [0.05, 0.1) is 12.0 Å². The van der Waals surface area contributed by atoms with E-state index in [1.165, 1.54) is 18.9 Å². The maximum atomic E-state index is 12.5. The first-order valence-electron chi connectivity index (χ1n) is 9.38. The highest BCUT2D eigenvalue weighted by atomic mass is 32.2. The fraction of sp³-hybridized carbons (Fsp3) is 0.474. The zero-order valence-electron chi connectivity index (χ0n) is 16.5. The summed E-state index contributed by atoms with van der Waals surface area (Å²) in [5.74, 6) is 2.98. The van der Waals surface area contributed by atoms with Gasteiger partial charge in [0.25, 0.3) is 0 Å². The standard InChI is InChI=1S/C19H27N5O3S/c1-14-12-16(6-7-17(14)27-3)28(25,26)21-9-8-20-18-13-19(23-15(2)22-18)24-10-4-5-11-24/h6-7,12-13,21H,4-5,8-11H2,1-3H3,(H,20,22,23). The molecule has 1 aliphatic heterocycles. The Morgan fingerprint density at radius 2 is 1.86 bits per heavy atom. The smallest absolute Gasteiger partial charge is 0.240 e. The molecular formula is C19H27N5O3S. The summed E-state index contributed by atoms with van der Waals surface area (Å²) in [6, 6.07) is 6.72. The molecular weight excluding hydrogens is 378 g/mol. The number of aryl methyl sites for hydroxylation is 2. The predicted octanol–water partition coefficient (Wildman–Crippen LogP) is 2.09. The van der Waals surface area contributed by atoms with Crippen LogP contribution in [0.2, 0.25) is 0 Å². The summed E-state index contributed by atoms with van der Waals surface area (Å²) in [6.45, 7) is 6.36. The van der Waals surface area contributed by atoms with Crippen LogP contribution in [0.3, 0.4) is 0 Å². The number of benzene rings is 1. The van der Waals surface area contributed by atoms with Gasteiger partial charge in [-0.3, -0.25) is 0 Å². The van der Waals surface area contributed by atoms with Gasteiger partial charge in [-0.2, -0.15) is 0 Å². The fourth-order valence-electron chi connectivity index (χ4n) is 3.23. The Bertz CT molecular complexity index is 927. The minimum atomic E-state index is -3.58. The molecule has 2 N–H and O–H groups in total. The summed E-state index contributed by atoms with van der Waals surface area (Å²) in [5.41, 5.74) is 0.773. The van der Waals surface area contributed by atoms with Crippen LogP contribution in [0.4, 0.5) is 11.6 Å². The number of rotatable bonds is 8. The zero-order chi connectivity index (χ0) is 20.1. The van der Waals surface area contributed by atoms with Gasteiger partial charge in [-0.25, -0.2) is 23.1 Å². The van der Waals surface area contributed by atoms with Crippen molar-refractivity contribution in [3.05, 3.63) is 35.7 Å². The van der Waals surface area contributed by atoms with E-state index in [9.17, 15) is 8.42 Å². The maximum Gasteiger partial charge on any atom is 0.240 e. The van der Waals surface area contributed by atoms with Gasteiger partial charge in [-0.1, -0.05) is 0 Å². The summed E-state index contributed by atoms with van der Waals surface area (Å²) in [7, 11) is -2.02. The fourth-order valence-corrected chi connectivity index (χ4v) is 4.34. The van der Waals surface area contributed by atoms with Crippen LogP contribution in [0.5, 0.6) is 5.75 Å². The predicted molar refractivity (Wildman–Crippen MR) is 110 cm³/mol. The molecule has 2 aromatic rings. The van der Waals surface area contributed by atoms with E-state index >= 15 is 0 Å². The third-order valence-corrected chi connectivity index (χ3v) is 6.11. The quantitative estimate of drug-likeness (QED) is 0.649. The van der Waals surface area contributed by atoms with E-state index in [-0.39, 0.29) is 11.4 Å². The molecule has 2 heterocycles. The van der Waals surface area contributed by atoms with Crippen LogP contribution < -0.4 is 19.7 Å². The highest BCUT2D eigenvalue weighted by Crippen LogP contribution is 2.22. The van der Waals surface area contributed by atoms with E-state index < -0.39 is 10.0 Å². The van der Waals surface area contributed by atoms with Crippen molar-refractivity contribution in [1.82, 2.24) is 14.7 Å². The largest absolute Gasteiger partial charge is 0.496 e. The van der Waals surface area contributed by atoms with Crippen molar-refractivity contribution in [3.8, 4) is 5.75 Å². The molecule has 1 fully saturated rings. The number of ether oxygens (including phenoxy) is 1. The molecule has 0 bridgehead atoms. The maximum absolute atomic E-state index is 12.5. The lowest BCUT2D eigenvalue weighted by atomic mass is 10.2. The van der Waals surface area contributed by atoms with E-state index in [0.717, 1.165) is 24.5 Å². The molecule has 8 nitrogen and oxygen atoms in total. The lowest BCUT2D eigenvalue weighted by Gasteiger charge is -2.18. The molecule has 152 valence electrons. The third kappa shape index (κ3) is 4.90. The highest BCUT2D eigenvalue weighted by Gasteiger charge is 2.16. The number of anilines is 2. The van der Waals surface area contributed by atoms with Crippen molar-refractivity contribution in [2.45, 2.75) is 31.6 Å². The molecule has 0 unspecified atom stereocenters. The minimum Gasteiger partial charge on any atom is -0.496 e. The van der Waals surface area contributed by atoms with Gasteiger partial charge in [-0.05, 0) is 50.5 Å². The number of nitrogens with one attached hydrogen (secondary N) is 2. The van der Waals surface area contributed by atoms with Gasteiger partial charge >= 0.3 is 0 Å². The Labute approximate surface area is 166 Å². The molecule has 3 rings (SSSR count). The minimum absolute atomic E-state index is 0.222. The average Bonchev–Trinajstić information content (AvgIpc) is 3.19. The van der Waals surface area contributed by atoms with Crippen LogP contribution in [-0.2, 0) is 10.0 Å². The van der Waals surface area contributed by atoms with Crippen LogP contribution in [0.1, 0.15) is 24.2 Å². The normalized spacial score (nSPS) is 14.3. The number of sulfonamides is 1. The Hall–Kier alpha value is -2.39. The van der Waals surface area contributed by atoms with Gasteiger partial charge in [0.2, 0.25) is 10.0 Å². The summed E-state index contributed by atoms with van der Waals surface area (Å²) >= 11 is 0. The molecule has 0 aliphatic carbocycles. The molecule has 1 aliphatic rings. The number of methoxy groups -OCH3 is 1. The molecule has 0 amide bonds. The van der Waals surface area contributed by atoms with E-state index in [4.69, 9.17) is 4.74 Å². The number of aromatic nitrogens is 2. The van der Waals surface area contributed by atoms with Crippen molar-refractivity contribution in [2.24, 2.45) is 0 Å². The van der Waals surface area contributed by atoms with Crippen molar-refractivity contribution in [2.75, 3.05) is 43.5 Å². The average molecular weight is 406 g/mol. The zero-order valence-corrected chi connectivity index (χ0v) is 17.3. The number of nitrogens with zero attached hydrogens (tertiary/aromatic N) is 3. The van der Waals surface area contributed by atoms with Crippen molar-refractivity contribution in [3.63, 3.8) is 0 Å². The van der Waals surface area contributed by atoms with Crippen LogP contribution in [0, 0.1) is 13.8 Å². The highest BCUT2D eigenvalue weighted by molar-refractivity contribution is 7.89. The summed E-state index contributed by atoms with van der Waals surface area (Å²) in [6.07, 6.45) is 2.36. The van der Waals surface area contributed by atoms with Crippen LogP contribution in [0.25, 0.3) is 0 Å². The first-order chi connectivity index (χ1) is 13.4. The first-order valence-corrected chi connectivity index (χ1v) is 10.9. The van der Waals surface area contributed by atoms with Gasteiger partial charge in [-0.15, -0.1) is 0 Å². The topological polar surface area (TPSA) is 96.5 Å². The SMILES string of the molecule is COc1ccc(S(=O)(=O)NCCNc2cc(N3CCCC3)nc(C)n2)cc1C. The lowest BCUT2D eigenvalue weighted by Crippen LogP contribution is -2.29. The second kappa shape index (κ2) is 8.74. The number of hydrogen-bond acceptors (Lipinski definition) is 7. The molecule has 1 aromatic heterocycles. The Balaban J connectivity index is 1.57. The van der Waals surface area contributed by atoms with Gasteiger partial charge in [0.1, 0.15) is 23.2 Å². The second-order valence-electron chi connectivity index (χ2n) is 6.81. The Kier molecular flexibility index (Phi) is 6.35. The van der Waals surface area contributed by atoms with Crippen LogP contribution in [-0.4, -0.2) is 51.7 Å². The monoisotopic (exact) mass is 405 g/mol. The van der Waals surface area contributed by atoms with E-state index in [1.807, 2.05) is 19.9 Å². The molecule has 0 atom stereocenters. The summed E-state index contributed by atoms with van der Waals surface area (Å²) < 4.78 is 32.7. The van der Waals surface area contributed by atoms with E-state index in [0.29, 0.717) is 23.9 Å².